The maximum Gasteiger partial charge on any atom is 0.139 e. The molecule has 6 heteroatoms. The Labute approximate surface area is 250 Å². The van der Waals surface area contributed by atoms with Crippen LogP contribution in [0.1, 0.15) is 95.6 Å². The van der Waals surface area contributed by atoms with Crippen LogP contribution in [0.5, 0.6) is 5.75 Å². The lowest BCUT2D eigenvalue weighted by Crippen LogP contribution is -2.65. The van der Waals surface area contributed by atoms with Gasteiger partial charge in [0.2, 0.25) is 0 Å². The number of hydrogen-bond acceptors (Lipinski definition) is 5. The number of nitrogens with one attached hydrogen (secondary N) is 1. The molecule has 3 N–H and O–H groups in total. The van der Waals surface area contributed by atoms with E-state index in [-0.39, 0.29) is 17.2 Å². The number of phenolic OH excluding ortho intramolecular Hbond substituents is 1. The number of aromatic amines is 1. The Balaban J connectivity index is 1.33. The van der Waals surface area contributed by atoms with E-state index in [1.165, 1.54) is 82.7 Å². The molecule has 6 nitrogen and oxygen atoms in total. The molecule has 1 aromatic carbocycles. The zero-order valence-corrected chi connectivity index (χ0v) is 25.2. The molecule has 0 amide bonds. The number of allylic oxidation sites excluding steroid dienone is 1. The average Bonchev–Trinajstić information content (AvgIpc) is 3.50. The first-order valence-corrected chi connectivity index (χ1v) is 17.1. The normalized spacial score (nSPS) is 36.3. The first kappa shape index (κ1) is 27.2. The van der Waals surface area contributed by atoms with Gasteiger partial charge in [-0.2, -0.15) is 0 Å². The van der Waals surface area contributed by atoms with E-state index >= 15 is 0 Å². The highest BCUT2D eigenvalue weighted by Gasteiger charge is 2.65. The Morgan fingerprint density at radius 1 is 0.833 bits per heavy atom. The van der Waals surface area contributed by atoms with E-state index in [2.05, 4.69) is 33.0 Å². The number of hydrogen-bond donors (Lipinski definition) is 3. The zero-order valence-electron chi connectivity index (χ0n) is 25.2. The number of fused-ring (bicyclic) bond motifs is 5. The Morgan fingerprint density at radius 3 is 2.52 bits per heavy atom. The molecule has 8 rings (SSSR count). The van der Waals surface area contributed by atoms with E-state index in [0.717, 1.165) is 66.4 Å². The van der Waals surface area contributed by atoms with Gasteiger partial charge in [-0.1, -0.05) is 63.5 Å². The summed E-state index contributed by atoms with van der Waals surface area (Å²) in [5.74, 6) is 0.648. The quantitative estimate of drug-likeness (QED) is 0.294. The maximum atomic E-state index is 13.1. The predicted molar refractivity (Wildman–Crippen MR) is 169 cm³/mol. The Kier molecular flexibility index (Phi) is 6.88. The fourth-order valence-corrected chi connectivity index (χ4v) is 10.3. The number of piperidine rings is 1. The van der Waals surface area contributed by atoms with Crippen molar-refractivity contribution < 1.29 is 10.2 Å². The molecule has 3 bridgehead atoms. The Hall–Kier alpha value is -2.41. The summed E-state index contributed by atoms with van der Waals surface area (Å²) >= 11 is 0. The first-order chi connectivity index (χ1) is 20.6. The van der Waals surface area contributed by atoms with Gasteiger partial charge in [0.15, 0.2) is 0 Å². The Morgan fingerprint density at radius 2 is 1.62 bits per heavy atom. The van der Waals surface area contributed by atoms with Crippen molar-refractivity contribution in [2.45, 2.75) is 108 Å². The summed E-state index contributed by atoms with van der Waals surface area (Å²) < 4.78 is 0. The second kappa shape index (κ2) is 10.6. The molecule has 1 spiro atoms. The minimum atomic E-state index is -0.866. The van der Waals surface area contributed by atoms with Gasteiger partial charge < -0.3 is 20.1 Å². The van der Waals surface area contributed by atoms with Gasteiger partial charge in [-0.05, 0) is 87.9 Å². The Bertz CT molecular complexity index is 1500. The number of H-pyrrole nitrogens is 1. The first-order valence-electron chi connectivity index (χ1n) is 17.1. The molecule has 6 heterocycles. The van der Waals surface area contributed by atoms with Crippen LogP contribution in [0.3, 0.4) is 0 Å². The number of para-hydroxylation sites is 1. The molecular weight excluding hydrogens is 520 g/mol. The van der Waals surface area contributed by atoms with Crippen molar-refractivity contribution in [1.29, 1.82) is 0 Å². The predicted octanol–water partition coefficient (Wildman–Crippen LogP) is 7.01. The summed E-state index contributed by atoms with van der Waals surface area (Å²) in [5, 5.41) is 26.0. The second-order valence-corrected chi connectivity index (χ2v) is 14.4. The van der Waals surface area contributed by atoms with Crippen LogP contribution < -0.4 is 0 Å². The number of benzene rings is 1. The van der Waals surface area contributed by atoms with Crippen molar-refractivity contribution in [1.82, 2.24) is 19.8 Å². The van der Waals surface area contributed by atoms with Crippen LogP contribution in [-0.4, -0.2) is 73.8 Å². The molecule has 4 saturated heterocycles. The highest BCUT2D eigenvalue weighted by molar-refractivity contribution is 6.11. The fourth-order valence-electron chi connectivity index (χ4n) is 10.3. The van der Waals surface area contributed by atoms with E-state index in [1.54, 1.807) is 6.07 Å². The van der Waals surface area contributed by atoms with Gasteiger partial charge in [0.1, 0.15) is 5.75 Å². The molecule has 224 valence electrons. The average molecular weight is 569 g/mol. The molecular formula is C36H48N4O2. The minimum absolute atomic E-state index is 0.0259. The van der Waals surface area contributed by atoms with Crippen LogP contribution in [0.25, 0.3) is 27.4 Å². The lowest BCUT2D eigenvalue weighted by atomic mass is 9.54. The summed E-state index contributed by atoms with van der Waals surface area (Å²) in [6.45, 7) is 4.55. The van der Waals surface area contributed by atoms with E-state index < -0.39 is 5.60 Å². The molecule has 5 aliphatic rings. The van der Waals surface area contributed by atoms with Crippen molar-refractivity contribution in [2.75, 3.05) is 26.2 Å². The van der Waals surface area contributed by atoms with E-state index in [9.17, 15) is 10.2 Å². The number of nitrogens with zero attached hydrogens (tertiary/aromatic N) is 3. The van der Waals surface area contributed by atoms with E-state index in [0.29, 0.717) is 12.0 Å². The lowest BCUT2D eigenvalue weighted by molar-refractivity contribution is -0.0919. The fraction of sp³-hybridized carbons (Fsp3) is 0.639. The molecule has 4 fully saturated rings. The van der Waals surface area contributed by atoms with Crippen molar-refractivity contribution >= 4 is 27.4 Å². The van der Waals surface area contributed by atoms with Crippen molar-refractivity contribution in [3.05, 3.63) is 42.2 Å². The minimum Gasteiger partial charge on any atom is -0.506 e. The molecule has 4 aliphatic heterocycles. The summed E-state index contributed by atoms with van der Waals surface area (Å²) in [4.78, 5) is 14.3. The number of phenols is 1. The molecule has 0 saturated carbocycles. The number of rotatable bonds is 1. The van der Waals surface area contributed by atoms with Gasteiger partial charge in [-0.3, -0.25) is 9.88 Å². The van der Waals surface area contributed by atoms with Gasteiger partial charge in [-0.15, -0.1) is 0 Å². The smallest absolute Gasteiger partial charge is 0.139 e. The summed E-state index contributed by atoms with van der Waals surface area (Å²) in [6.07, 6.45) is 21.4. The summed E-state index contributed by atoms with van der Waals surface area (Å²) in [6, 6.07) is 8.58. The number of aliphatic hydroxyl groups is 1. The highest BCUT2D eigenvalue weighted by atomic mass is 16.3. The SMILES string of the molecule is Oc1cccc2c1[nH]c1c(C3=C[C@@]4(O)CCCCCCCCN5CC[C@@H]3[C@]3(C[C@@H]6CCCCCCN6[C@H]34)C5)nccc12. The van der Waals surface area contributed by atoms with E-state index in [4.69, 9.17) is 4.98 Å². The third-order valence-corrected chi connectivity index (χ3v) is 12.0. The van der Waals surface area contributed by atoms with Crippen LogP contribution in [-0.2, 0) is 0 Å². The van der Waals surface area contributed by atoms with Gasteiger partial charge in [0.05, 0.1) is 22.3 Å². The van der Waals surface area contributed by atoms with Crippen LogP contribution in [0.15, 0.2) is 36.5 Å². The van der Waals surface area contributed by atoms with Gasteiger partial charge in [0, 0.05) is 41.0 Å². The standard InChI is InChI=1S/C36H48N4O2/c41-30-14-11-13-26-27-15-18-37-32(33(27)38-31(26)30)28-23-36(42)17-8-4-1-2-5-9-19-39-21-16-29(28)35(24-39)22-25-12-7-3-6-10-20-40(25)34(35)36/h11,13-15,18,23,25,29,34,38,41-42H,1-10,12,16-17,19-22,24H2/t25-,29-,34+,35-,36-/m0/s1. The van der Waals surface area contributed by atoms with Crippen LogP contribution in [0.2, 0.25) is 0 Å². The number of aromatic hydroxyl groups is 1. The molecule has 3 aromatic rings. The molecule has 1 unspecified atom stereocenters. The van der Waals surface area contributed by atoms with Gasteiger partial charge in [-0.25, -0.2) is 0 Å². The van der Waals surface area contributed by atoms with Crippen LogP contribution in [0, 0.1) is 11.3 Å². The van der Waals surface area contributed by atoms with E-state index in [1.807, 2.05) is 12.3 Å². The van der Waals surface area contributed by atoms with Crippen molar-refractivity contribution in [3.8, 4) is 5.75 Å². The molecule has 1 aliphatic carbocycles. The number of aromatic nitrogens is 2. The zero-order chi connectivity index (χ0) is 28.3. The summed E-state index contributed by atoms with van der Waals surface area (Å²) in [7, 11) is 0. The highest BCUT2D eigenvalue weighted by Crippen LogP contribution is 2.62. The van der Waals surface area contributed by atoms with Crippen LogP contribution in [0.4, 0.5) is 0 Å². The largest absolute Gasteiger partial charge is 0.506 e. The molecule has 0 radical (unpaired) electrons. The van der Waals surface area contributed by atoms with Gasteiger partial charge >= 0.3 is 0 Å². The second-order valence-electron chi connectivity index (χ2n) is 14.4. The van der Waals surface area contributed by atoms with Crippen molar-refractivity contribution in [2.24, 2.45) is 11.3 Å². The summed E-state index contributed by atoms with van der Waals surface area (Å²) in [5.41, 5.74) is 3.19. The third-order valence-electron chi connectivity index (χ3n) is 12.0. The topological polar surface area (TPSA) is 75.6 Å². The third kappa shape index (κ3) is 4.27. The van der Waals surface area contributed by atoms with Gasteiger partial charge in [0.25, 0.3) is 0 Å². The van der Waals surface area contributed by atoms with Crippen LogP contribution >= 0.6 is 0 Å². The maximum absolute atomic E-state index is 13.1. The monoisotopic (exact) mass is 568 g/mol. The van der Waals surface area contributed by atoms with Crippen molar-refractivity contribution in [3.63, 3.8) is 0 Å². The molecule has 2 aromatic heterocycles. The number of pyridine rings is 1. The lowest BCUT2D eigenvalue weighted by Gasteiger charge is -2.58. The molecule has 6 atom stereocenters. The molecule has 42 heavy (non-hydrogen) atoms.